The van der Waals surface area contributed by atoms with Crippen LogP contribution in [0, 0.1) is 0 Å². The molecule has 0 saturated carbocycles. The molecule has 0 aliphatic carbocycles. The minimum Gasteiger partial charge on any atom is -0.508 e. The number of rotatable bonds is 6. The largest absolute Gasteiger partial charge is 0.508 e. The summed E-state index contributed by atoms with van der Waals surface area (Å²) >= 11 is 0. The molecule has 0 bridgehead atoms. The van der Waals surface area contributed by atoms with Gasteiger partial charge in [-0.25, -0.2) is 0 Å². The number of anilines is 1. The number of carbonyl (C=O) groups excluding carboxylic acids is 1. The van der Waals surface area contributed by atoms with Crippen LogP contribution in [-0.4, -0.2) is 11.0 Å². The fourth-order valence-electron chi connectivity index (χ4n) is 1.42. The summed E-state index contributed by atoms with van der Waals surface area (Å²) in [5, 5.41) is 12.0. The number of phenols is 1. The summed E-state index contributed by atoms with van der Waals surface area (Å²) in [5.41, 5.74) is 0.632. The van der Waals surface area contributed by atoms with Gasteiger partial charge in [-0.15, -0.1) is 0 Å². The maximum absolute atomic E-state index is 11.5. The third-order valence-corrected chi connectivity index (χ3v) is 2.29. The minimum absolute atomic E-state index is 0.0308. The van der Waals surface area contributed by atoms with E-state index < -0.39 is 0 Å². The van der Waals surface area contributed by atoms with Gasteiger partial charge >= 0.3 is 0 Å². The molecule has 1 rings (SSSR count). The predicted molar refractivity (Wildman–Crippen MR) is 70.0 cm³/mol. The van der Waals surface area contributed by atoms with E-state index in [0.717, 1.165) is 19.3 Å². The first kappa shape index (κ1) is 13.3. The Labute approximate surface area is 102 Å². The molecule has 17 heavy (non-hydrogen) atoms. The normalized spacial score (nSPS) is 10.6. The Bertz CT molecular complexity index is 386. The van der Waals surface area contributed by atoms with E-state index >= 15 is 0 Å². The molecular formula is C14H19NO2. The molecule has 3 heteroatoms. The van der Waals surface area contributed by atoms with Gasteiger partial charge in [0.05, 0.1) is 0 Å². The van der Waals surface area contributed by atoms with Gasteiger partial charge in [0.15, 0.2) is 0 Å². The van der Waals surface area contributed by atoms with Gasteiger partial charge in [0, 0.05) is 18.2 Å². The number of hydrogen-bond acceptors (Lipinski definition) is 2. The van der Waals surface area contributed by atoms with Crippen molar-refractivity contribution in [3.05, 3.63) is 36.4 Å². The van der Waals surface area contributed by atoms with Crippen LogP contribution in [0.3, 0.4) is 0 Å². The number of allylic oxidation sites excluding steroid dienone is 2. The summed E-state index contributed by atoms with van der Waals surface area (Å²) in [7, 11) is 0. The van der Waals surface area contributed by atoms with E-state index in [1.165, 1.54) is 6.07 Å². The fourth-order valence-corrected chi connectivity index (χ4v) is 1.42. The Hall–Kier alpha value is -1.77. The third-order valence-electron chi connectivity index (χ3n) is 2.29. The van der Waals surface area contributed by atoms with E-state index in [1.807, 2.05) is 6.08 Å². The molecule has 1 aromatic rings. The smallest absolute Gasteiger partial charge is 0.224 e. The van der Waals surface area contributed by atoms with Gasteiger partial charge in [0.1, 0.15) is 5.75 Å². The van der Waals surface area contributed by atoms with E-state index in [4.69, 9.17) is 0 Å². The first-order valence-electron chi connectivity index (χ1n) is 5.96. The first-order chi connectivity index (χ1) is 8.22. The molecule has 1 amide bonds. The van der Waals surface area contributed by atoms with Crippen LogP contribution in [0.5, 0.6) is 5.75 Å². The summed E-state index contributed by atoms with van der Waals surface area (Å²) < 4.78 is 0. The van der Waals surface area contributed by atoms with E-state index in [0.29, 0.717) is 12.1 Å². The summed E-state index contributed by atoms with van der Waals surface area (Å²) in [6, 6.07) is 6.56. The molecule has 0 heterocycles. The molecule has 0 aliphatic heterocycles. The standard InChI is InChI=1S/C14H19NO2/c1-2-3-4-5-6-10-14(17)15-12-8-7-9-13(16)11-12/h4-5,7-9,11,16H,2-3,6,10H2,1H3,(H,15,17)/b5-4+. The van der Waals surface area contributed by atoms with Gasteiger partial charge in [-0.2, -0.15) is 0 Å². The molecule has 0 spiro atoms. The van der Waals surface area contributed by atoms with Gasteiger partial charge in [-0.3, -0.25) is 4.79 Å². The van der Waals surface area contributed by atoms with E-state index in [1.54, 1.807) is 18.2 Å². The number of phenolic OH excluding ortho intramolecular Hbond substituents is 1. The van der Waals surface area contributed by atoms with Crippen molar-refractivity contribution in [3.63, 3.8) is 0 Å². The third kappa shape index (κ3) is 5.76. The molecule has 0 fully saturated rings. The van der Waals surface area contributed by atoms with Crippen molar-refractivity contribution in [2.45, 2.75) is 32.6 Å². The second kappa shape index (κ2) is 7.49. The van der Waals surface area contributed by atoms with Gasteiger partial charge in [-0.1, -0.05) is 31.6 Å². The van der Waals surface area contributed by atoms with Crippen LogP contribution in [0.1, 0.15) is 32.6 Å². The van der Waals surface area contributed by atoms with Crippen molar-refractivity contribution in [2.75, 3.05) is 5.32 Å². The maximum atomic E-state index is 11.5. The molecular weight excluding hydrogens is 214 g/mol. The SMILES string of the molecule is CCC/C=C/CCC(=O)Nc1cccc(O)c1. The zero-order valence-corrected chi connectivity index (χ0v) is 10.1. The number of amides is 1. The number of carbonyl (C=O) groups is 1. The summed E-state index contributed by atoms with van der Waals surface area (Å²) in [6.07, 6.45) is 7.55. The number of benzene rings is 1. The van der Waals surface area contributed by atoms with Crippen molar-refractivity contribution >= 4 is 11.6 Å². The van der Waals surface area contributed by atoms with Gasteiger partial charge in [-0.05, 0) is 25.0 Å². The molecule has 0 radical (unpaired) electrons. The highest BCUT2D eigenvalue weighted by molar-refractivity contribution is 5.90. The van der Waals surface area contributed by atoms with Crippen LogP contribution >= 0.6 is 0 Å². The highest BCUT2D eigenvalue weighted by atomic mass is 16.3. The predicted octanol–water partition coefficient (Wildman–Crippen LogP) is 3.47. The van der Waals surface area contributed by atoms with Gasteiger partial charge in [0.25, 0.3) is 0 Å². The van der Waals surface area contributed by atoms with Crippen molar-refractivity contribution in [1.82, 2.24) is 0 Å². The van der Waals surface area contributed by atoms with Crippen molar-refractivity contribution < 1.29 is 9.90 Å². The Morgan fingerprint density at radius 3 is 2.82 bits per heavy atom. The first-order valence-corrected chi connectivity index (χ1v) is 5.96. The zero-order chi connectivity index (χ0) is 12.5. The fraction of sp³-hybridized carbons (Fsp3) is 0.357. The molecule has 92 valence electrons. The van der Waals surface area contributed by atoms with Crippen LogP contribution in [0.2, 0.25) is 0 Å². The van der Waals surface area contributed by atoms with Crippen LogP contribution in [0.25, 0.3) is 0 Å². The molecule has 0 unspecified atom stereocenters. The molecule has 1 aromatic carbocycles. The van der Waals surface area contributed by atoms with E-state index in [2.05, 4.69) is 18.3 Å². The molecule has 0 atom stereocenters. The monoisotopic (exact) mass is 233 g/mol. The van der Waals surface area contributed by atoms with Crippen molar-refractivity contribution in [1.29, 1.82) is 0 Å². The number of hydrogen-bond donors (Lipinski definition) is 2. The lowest BCUT2D eigenvalue weighted by molar-refractivity contribution is -0.116. The van der Waals surface area contributed by atoms with Gasteiger partial charge in [0.2, 0.25) is 5.91 Å². The molecule has 0 aromatic heterocycles. The Morgan fingerprint density at radius 1 is 1.35 bits per heavy atom. The highest BCUT2D eigenvalue weighted by Gasteiger charge is 2.01. The number of unbranched alkanes of at least 4 members (excludes halogenated alkanes) is 1. The second-order valence-corrected chi connectivity index (χ2v) is 3.90. The van der Waals surface area contributed by atoms with E-state index in [9.17, 15) is 9.90 Å². The maximum Gasteiger partial charge on any atom is 0.224 e. The molecule has 0 aliphatic rings. The van der Waals surface area contributed by atoms with E-state index in [-0.39, 0.29) is 11.7 Å². The Morgan fingerprint density at radius 2 is 2.12 bits per heavy atom. The average molecular weight is 233 g/mol. The number of nitrogens with one attached hydrogen (secondary N) is 1. The van der Waals surface area contributed by atoms with Crippen molar-refractivity contribution in [3.8, 4) is 5.75 Å². The lowest BCUT2D eigenvalue weighted by Gasteiger charge is -2.04. The minimum atomic E-state index is -0.0308. The van der Waals surface area contributed by atoms with Crippen LogP contribution in [-0.2, 0) is 4.79 Å². The Kier molecular flexibility index (Phi) is 5.86. The Balaban J connectivity index is 2.30. The lowest BCUT2D eigenvalue weighted by Crippen LogP contribution is -2.10. The quantitative estimate of drug-likeness (QED) is 0.739. The van der Waals surface area contributed by atoms with Crippen LogP contribution in [0.4, 0.5) is 5.69 Å². The lowest BCUT2D eigenvalue weighted by atomic mass is 10.2. The molecule has 3 nitrogen and oxygen atoms in total. The topological polar surface area (TPSA) is 49.3 Å². The highest BCUT2D eigenvalue weighted by Crippen LogP contribution is 2.15. The average Bonchev–Trinajstić information content (AvgIpc) is 2.29. The molecule has 2 N–H and O–H groups in total. The summed E-state index contributed by atoms with van der Waals surface area (Å²) in [6.45, 7) is 2.12. The zero-order valence-electron chi connectivity index (χ0n) is 10.1. The molecule has 0 saturated heterocycles. The van der Waals surface area contributed by atoms with Gasteiger partial charge < -0.3 is 10.4 Å². The van der Waals surface area contributed by atoms with Crippen LogP contribution < -0.4 is 5.32 Å². The summed E-state index contributed by atoms with van der Waals surface area (Å²) in [5.74, 6) is 0.127. The number of aromatic hydroxyl groups is 1. The second-order valence-electron chi connectivity index (χ2n) is 3.90. The van der Waals surface area contributed by atoms with Crippen molar-refractivity contribution in [2.24, 2.45) is 0 Å². The van der Waals surface area contributed by atoms with Crippen LogP contribution in [0.15, 0.2) is 36.4 Å². The summed E-state index contributed by atoms with van der Waals surface area (Å²) in [4.78, 5) is 11.5.